The highest BCUT2D eigenvalue weighted by atomic mass is 15.1. The Morgan fingerprint density at radius 2 is 1.26 bits per heavy atom. The molecule has 3 nitrogen and oxygen atoms in total. The van der Waals surface area contributed by atoms with Crippen molar-refractivity contribution in [2.75, 3.05) is 4.90 Å². The minimum Gasteiger partial charge on any atom is -0.312 e. The molecule has 0 N–H and O–H groups in total. The van der Waals surface area contributed by atoms with E-state index < -0.39 is 0 Å². The minimum atomic E-state index is 0.752. The van der Waals surface area contributed by atoms with E-state index in [1.807, 2.05) is 42.4 Å². The number of allylic oxidation sites excluding steroid dienone is 5. The van der Waals surface area contributed by atoms with Crippen molar-refractivity contribution in [3.8, 4) is 11.4 Å². The van der Waals surface area contributed by atoms with E-state index in [0.29, 0.717) is 0 Å². The van der Waals surface area contributed by atoms with Crippen LogP contribution in [0.25, 0.3) is 11.4 Å². The molecule has 3 aromatic rings. The van der Waals surface area contributed by atoms with Gasteiger partial charge in [-0.25, -0.2) is 0 Å². The quantitative estimate of drug-likeness (QED) is 0.284. The Bertz CT molecular complexity index is 1190. The summed E-state index contributed by atoms with van der Waals surface area (Å²) >= 11 is 0. The first-order valence-electron chi connectivity index (χ1n) is 11.2. The van der Waals surface area contributed by atoms with Crippen LogP contribution in [-0.2, 0) is 12.8 Å². The van der Waals surface area contributed by atoms with Crippen LogP contribution in [-0.4, -0.2) is 9.97 Å². The van der Waals surface area contributed by atoms with Crippen molar-refractivity contribution in [3.63, 3.8) is 0 Å². The molecule has 0 aliphatic heterocycles. The Hall–Kier alpha value is -4.24. The lowest BCUT2D eigenvalue weighted by atomic mass is 10.0. The summed E-state index contributed by atoms with van der Waals surface area (Å²) in [6.07, 6.45) is 12.8. The molecular formula is C31H31N3. The third-order valence-corrected chi connectivity index (χ3v) is 5.60. The molecule has 0 radical (unpaired) electrons. The summed E-state index contributed by atoms with van der Waals surface area (Å²) in [5, 5.41) is 0. The zero-order chi connectivity index (χ0) is 24.5. The van der Waals surface area contributed by atoms with Gasteiger partial charge in [-0.15, -0.1) is 0 Å². The van der Waals surface area contributed by atoms with Gasteiger partial charge in [-0.1, -0.05) is 69.3 Å². The van der Waals surface area contributed by atoms with Gasteiger partial charge in [-0.05, 0) is 78.4 Å². The summed E-state index contributed by atoms with van der Waals surface area (Å²) in [6, 6.07) is 16.6. The second kappa shape index (κ2) is 11.6. The fraction of sp³-hybridized carbons (Fsp3) is 0.0968. The maximum Gasteiger partial charge on any atom is 0.0886 e. The van der Waals surface area contributed by atoms with Gasteiger partial charge < -0.3 is 4.90 Å². The first kappa shape index (κ1) is 24.4. The van der Waals surface area contributed by atoms with Gasteiger partial charge in [-0.2, -0.15) is 0 Å². The number of anilines is 1. The lowest BCUT2D eigenvalue weighted by molar-refractivity contribution is 1.11. The number of nitrogens with zero attached hydrogens (tertiary/aromatic N) is 3. The summed E-state index contributed by atoms with van der Waals surface area (Å²) in [5.74, 6) is 0. The molecule has 2 aromatic heterocycles. The lowest BCUT2D eigenvalue weighted by Crippen LogP contribution is -2.18. The van der Waals surface area contributed by atoms with E-state index in [1.165, 1.54) is 11.1 Å². The zero-order valence-corrected chi connectivity index (χ0v) is 19.9. The van der Waals surface area contributed by atoms with E-state index in [-0.39, 0.29) is 0 Å². The predicted molar refractivity (Wildman–Crippen MR) is 146 cm³/mol. The van der Waals surface area contributed by atoms with Crippen LogP contribution in [0.1, 0.15) is 23.6 Å². The fourth-order valence-electron chi connectivity index (χ4n) is 3.59. The van der Waals surface area contributed by atoms with Crippen molar-refractivity contribution in [3.05, 3.63) is 152 Å². The smallest absolute Gasteiger partial charge is 0.0886 e. The SMILES string of the molecule is C=CC(=C)N(C(=C)C=C)c1ccc(Cc2ccc(-c3ccc(C/C(C=C)=C/C)cn3)nc2)cc1. The average molecular weight is 446 g/mol. The molecule has 0 saturated heterocycles. The van der Waals surface area contributed by atoms with Crippen LogP contribution < -0.4 is 4.90 Å². The normalized spacial score (nSPS) is 10.9. The Morgan fingerprint density at radius 1 is 0.735 bits per heavy atom. The van der Waals surface area contributed by atoms with Gasteiger partial charge in [0.25, 0.3) is 0 Å². The molecule has 0 saturated carbocycles. The number of rotatable bonds is 11. The monoisotopic (exact) mass is 445 g/mol. The van der Waals surface area contributed by atoms with Gasteiger partial charge >= 0.3 is 0 Å². The van der Waals surface area contributed by atoms with Crippen LogP contribution in [0.3, 0.4) is 0 Å². The van der Waals surface area contributed by atoms with Gasteiger partial charge in [0.1, 0.15) is 0 Å². The molecule has 3 rings (SSSR count). The standard InChI is InChI=1S/C31H31N3/c1-7-23(5)34(24(6)8-2)29-15-11-26(12-16-29)20-28-14-18-31(33-22-28)30-17-13-27(21-32-30)19-25(9-3)10-4/h7-18,21-22H,1-3,5-6,19-20H2,4H3/b25-10+. The van der Waals surface area contributed by atoms with Crippen molar-refractivity contribution >= 4 is 5.69 Å². The molecule has 3 heteroatoms. The summed E-state index contributed by atoms with van der Waals surface area (Å²) < 4.78 is 0. The summed E-state index contributed by atoms with van der Waals surface area (Å²) in [4.78, 5) is 11.2. The van der Waals surface area contributed by atoms with Crippen molar-refractivity contribution < 1.29 is 0 Å². The largest absolute Gasteiger partial charge is 0.312 e. The highest BCUT2D eigenvalue weighted by Gasteiger charge is 2.10. The number of hydrogen-bond acceptors (Lipinski definition) is 3. The molecule has 0 aliphatic carbocycles. The number of pyridine rings is 2. The first-order valence-corrected chi connectivity index (χ1v) is 11.2. The number of aromatic nitrogens is 2. The third-order valence-electron chi connectivity index (χ3n) is 5.60. The van der Waals surface area contributed by atoms with Crippen molar-refractivity contribution in [2.24, 2.45) is 0 Å². The van der Waals surface area contributed by atoms with E-state index in [4.69, 9.17) is 0 Å². The van der Waals surface area contributed by atoms with E-state index in [0.717, 1.165) is 52.4 Å². The molecule has 34 heavy (non-hydrogen) atoms. The van der Waals surface area contributed by atoms with Crippen LogP contribution in [0.2, 0.25) is 0 Å². The first-order chi connectivity index (χ1) is 16.5. The average Bonchev–Trinajstić information content (AvgIpc) is 2.89. The summed E-state index contributed by atoms with van der Waals surface area (Å²) in [7, 11) is 0. The lowest BCUT2D eigenvalue weighted by Gasteiger charge is -2.25. The van der Waals surface area contributed by atoms with Gasteiger partial charge in [0.05, 0.1) is 11.4 Å². The van der Waals surface area contributed by atoms with E-state index in [9.17, 15) is 0 Å². The molecular weight excluding hydrogens is 414 g/mol. The Kier molecular flexibility index (Phi) is 8.31. The minimum absolute atomic E-state index is 0.752. The van der Waals surface area contributed by atoms with E-state index >= 15 is 0 Å². The van der Waals surface area contributed by atoms with Crippen LogP contribution in [0.5, 0.6) is 0 Å². The van der Waals surface area contributed by atoms with E-state index in [1.54, 1.807) is 12.2 Å². The molecule has 0 atom stereocenters. The molecule has 170 valence electrons. The van der Waals surface area contributed by atoms with Crippen LogP contribution in [0, 0.1) is 0 Å². The second-order valence-corrected chi connectivity index (χ2v) is 7.92. The number of benzene rings is 1. The zero-order valence-electron chi connectivity index (χ0n) is 19.9. The van der Waals surface area contributed by atoms with E-state index in [2.05, 4.69) is 85.3 Å². The highest BCUT2D eigenvalue weighted by Crippen LogP contribution is 2.25. The van der Waals surface area contributed by atoms with Gasteiger partial charge in [0, 0.05) is 29.5 Å². The Balaban J connectivity index is 1.69. The van der Waals surface area contributed by atoms with Gasteiger partial charge in [0.15, 0.2) is 0 Å². The molecule has 0 bridgehead atoms. The Morgan fingerprint density at radius 3 is 1.71 bits per heavy atom. The van der Waals surface area contributed by atoms with Crippen LogP contribution >= 0.6 is 0 Å². The molecule has 1 aromatic carbocycles. The second-order valence-electron chi connectivity index (χ2n) is 7.92. The predicted octanol–water partition coefficient (Wildman–Crippen LogP) is 7.62. The van der Waals surface area contributed by atoms with Crippen molar-refractivity contribution in [2.45, 2.75) is 19.8 Å². The van der Waals surface area contributed by atoms with Gasteiger partial charge in [-0.3, -0.25) is 9.97 Å². The van der Waals surface area contributed by atoms with Crippen molar-refractivity contribution in [1.29, 1.82) is 0 Å². The van der Waals surface area contributed by atoms with Crippen LogP contribution in [0.4, 0.5) is 5.69 Å². The molecule has 0 unspecified atom stereocenters. The topological polar surface area (TPSA) is 29.0 Å². The van der Waals surface area contributed by atoms with Crippen molar-refractivity contribution in [1.82, 2.24) is 9.97 Å². The molecule has 0 spiro atoms. The summed E-state index contributed by atoms with van der Waals surface area (Å²) in [6.45, 7) is 21.6. The third kappa shape index (κ3) is 5.96. The maximum atomic E-state index is 4.64. The highest BCUT2D eigenvalue weighted by molar-refractivity contribution is 5.61. The summed E-state index contributed by atoms with van der Waals surface area (Å²) in [5.41, 5.74) is 8.88. The molecule has 2 heterocycles. The molecule has 0 fully saturated rings. The van der Waals surface area contributed by atoms with Crippen LogP contribution in [0.15, 0.2) is 135 Å². The Labute approximate surface area is 203 Å². The maximum absolute atomic E-state index is 4.64. The number of hydrogen-bond donors (Lipinski definition) is 0. The molecule has 0 aliphatic rings. The molecule has 0 amide bonds. The van der Waals surface area contributed by atoms with Gasteiger partial charge in [0.2, 0.25) is 0 Å². The fourth-order valence-corrected chi connectivity index (χ4v) is 3.59.